The van der Waals surface area contributed by atoms with Gasteiger partial charge in [0.15, 0.2) is 5.54 Å². The lowest BCUT2D eigenvalue weighted by Crippen LogP contribution is -2.54. The van der Waals surface area contributed by atoms with E-state index in [0.717, 1.165) is 51.1 Å². The van der Waals surface area contributed by atoms with Crippen molar-refractivity contribution < 1.29 is 19.1 Å². The number of amides is 3. The number of nitrogens with one attached hydrogen (secondary N) is 1. The second kappa shape index (κ2) is 10.3. The van der Waals surface area contributed by atoms with Gasteiger partial charge in [0.25, 0.3) is 5.91 Å². The monoisotopic (exact) mass is 478 g/mol. The largest absolute Gasteiger partial charge is 0.494 e. The van der Waals surface area contributed by atoms with Gasteiger partial charge >= 0.3 is 6.03 Å². The number of pyridine rings is 1. The van der Waals surface area contributed by atoms with Crippen LogP contribution in [-0.2, 0) is 21.6 Å². The van der Waals surface area contributed by atoms with E-state index in [2.05, 4.69) is 21.3 Å². The highest BCUT2D eigenvalue weighted by Crippen LogP contribution is 2.41. The second-order valence-corrected chi connectivity index (χ2v) is 9.60. The van der Waals surface area contributed by atoms with E-state index in [1.165, 1.54) is 10.5 Å². The molecule has 0 radical (unpaired) electrons. The van der Waals surface area contributed by atoms with E-state index in [1.54, 1.807) is 6.20 Å². The van der Waals surface area contributed by atoms with Crippen LogP contribution in [-0.4, -0.2) is 65.7 Å². The van der Waals surface area contributed by atoms with E-state index in [9.17, 15) is 9.59 Å². The predicted octanol–water partition coefficient (Wildman–Crippen LogP) is 3.32. The fourth-order valence-corrected chi connectivity index (χ4v) is 5.70. The molecule has 3 aliphatic rings. The van der Waals surface area contributed by atoms with E-state index in [-0.39, 0.29) is 24.0 Å². The minimum Gasteiger partial charge on any atom is -0.494 e. The number of urea groups is 1. The third-order valence-corrected chi connectivity index (χ3v) is 7.48. The Balaban J connectivity index is 1.34. The highest BCUT2D eigenvalue weighted by atomic mass is 16.5. The fraction of sp³-hybridized carbons (Fsp3) is 0.519. The number of hydrogen-bond acceptors (Lipinski definition) is 6. The molecule has 0 bridgehead atoms. The number of rotatable bonds is 8. The van der Waals surface area contributed by atoms with Crippen molar-refractivity contribution in [1.29, 1.82) is 0 Å². The van der Waals surface area contributed by atoms with Crippen molar-refractivity contribution >= 4 is 11.9 Å². The van der Waals surface area contributed by atoms with Gasteiger partial charge in [-0.3, -0.25) is 19.6 Å². The summed E-state index contributed by atoms with van der Waals surface area (Å²) >= 11 is 0. The zero-order valence-electron chi connectivity index (χ0n) is 20.3. The molecule has 2 atom stereocenters. The Morgan fingerprint density at radius 3 is 2.63 bits per heavy atom. The number of imide groups is 1. The summed E-state index contributed by atoms with van der Waals surface area (Å²) in [7, 11) is 0. The van der Waals surface area contributed by atoms with Crippen LogP contribution >= 0.6 is 0 Å². The fourth-order valence-electron chi connectivity index (χ4n) is 5.70. The molecule has 3 saturated heterocycles. The van der Waals surface area contributed by atoms with Crippen LogP contribution in [0.25, 0.3) is 0 Å². The SMILES string of the molecule is CCOc1ccccc1CN1CCC(C2(c3ccccn3)NC(=O)N(CC3CCCO3)C2=O)CC1. The zero-order chi connectivity index (χ0) is 24.3. The highest BCUT2D eigenvalue weighted by Gasteiger charge is 2.58. The summed E-state index contributed by atoms with van der Waals surface area (Å²) in [6.45, 7) is 6.06. The van der Waals surface area contributed by atoms with Crippen molar-refractivity contribution in [3.63, 3.8) is 0 Å². The summed E-state index contributed by atoms with van der Waals surface area (Å²) in [6, 6.07) is 13.4. The summed E-state index contributed by atoms with van der Waals surface area (Å²) in [6.07, 6.45) is 5.01. The Kier molecular flexibility index (Phi) is 7.02. The topological polar surface area (TPSA) is 84.0 Å². The second-order valence-electron chi connectivity index (χ2n) is 9.60. The Labute approximate surface area is 206 Å². The molecule has 4 heterocycles. The average molecular weight is 479 g/mol. The standard InChI is InChI=1S/C27H34N4O4/c1-2-34-23-10-4-3-8-20(23)18-30-15-12-21(13-16-30)27(24-11-5-6-14-28-24)25(32)31(26(33)29-27)19-22-9-7-17-35-22/h3-6,8,10-11,14,21-22H,2,7,9,12-13,15-19H2,1H3,(H,29,33). The Morgan fingerprint density at radius 1 is 1.11 bits per heavy atom. The van der Waals surface area contributed by atoms with E-state index < -0.39 is 5.54 Å². The minimum atomic E-state index is -1.13. The summed E-state index contributed by atoms with van der Waals surface area (Å²) in [4.78, 5) is 35.3. The molecular formula is C27H34N4O4. The van der Waals surface area contributed by atoms with E-state index in [4.69, 9.17) is 9.47 Å². The average Bonchev–Trinajstić information content (AvgIpc) is 3.49. The first-order valence-electron chi connectivity index (χ1n) is 12.7. The molecule has 0 saturated carbocycles. The van der Waals surface area contributed by atoms with Crippen LogP contribution in [0.2, 0.25) is 0 Å². The maximum atomic E-state index is 13.9. The molecule has 35 heavy (non-hydrogen) atoms. The van der Waals surface area contributed by atoms with Gasteiger partial charge in [-0.05, 0) is 69.8 Å². The van der Waals surface area contributed by atoms with Crippen molar-refractivity contribution in [2.45, 2.75) is 50.8 Å². The molecule has 2 aromatic rings. The van der Waals surface area contributed by atoms with Crippen molar-refractivity contribution in [1.82, 2.24) is 20.1 Å². The first kappa shape index (κ1) is 23.8. The molecule has 1 N–H and O–H groups in total. The molecule has 1 aromatic carbocycles. The Bertz CT molecular complexity index is 1030. The first-order chi connectivity index (χ1) is 17.1. The number of benzene rings is 1. The number of nitrogens with zero attached hydrogens (tertiary/aromatic N) is 3. The van der Waals surface area contributed by atoms with Gasteiger partial charge in [0, 0.05) is 24.9 Å². The van der Waals surface area contributed by atoms with Gasteiger partial charge in [-0.2, -0.15) is 0 Å². The number of aromatic nitrogens is 1. The van der Waals surface area contributed by atoms with Gasteiger partial charge in [0.2, 0.25) is 0 Å². The maximum Gasteiger partial charge on any atom is 0.325 e. The molecule has 1 aromatic heterocycles. The van der Waals surface area contributed by atoms with Gasteiger partial charge in [-0.15, -0.1) is 0 Å². The first-order valence-corrected chi connectivity index (χ1v) is 12.7. The van der Waals surface area contributed by atoms with Crippen LogP contribution in [0.5, 0.6) is 5.75 Å². The Hall–Kier alpha value is -2.97. The molecular weight excluding hydrogens is 444 g/mol. The van der Waals surface area contributed by atoms with Crippen LogP contribution in [0.15, 0.2) is 48.7 Å². The van der Waals surface area contributed by atoms with Crippen LogP contribution in [0.1, 0.15) is 43.9 Å². The molecule has 8 nitrogen and oxygen atoms in total. The number of likely N-dealkylation sites (tertiary alicyclic amines) is 1. The lowest BCUT2D eigenvalue weighted by Gasteiger charge is -2.40. The smallest absolute Gasteiger partial charge is 0.325 e. The third kappa shape index (κ3) is 4.65. The predicted molar refractivity (Wildman–Crippen MR) is 131 cm³/mol. The van der Waals surface area contributed by atoms with Crippen LogP contribution in [0.3, 0.4) is 0 Å². The Morgan fingerprint density at radius 2 is 1.91 bits per heavy atom. The zero-order valence-corrected chi connectivity index (χ0v) is 20.3. The molecule has 0 aliphatic carbocycles. The molecule has 0 spiro atoms. The molecule has 2 unspecified atom stereocenters. The normalized spacial score (nSPS) is 25.7. The molecule has 3 amide bonds. The molecule has 3 aliphatic heterocycles. The summed E-state index contributed by atoms with van der Waals surface area (Å²) in [5.74, 6) is 0.684. The molecule has 186 valence electrons. The van der Waals surface area contributed by atoms with Gasteiger partial charge in [0.05, 0.1) is 24.9 Å². The van der Waals surface area contributed by atoms with Gasteiger partial charge < -0.3 is 14.8 Å². The van der Waals surface area contributed by atoms with Crippen molar-refractivity contribution in [3.8, 4) is 5.75 Å². The molecule has 8 heteroatoms. The minimum absolute atomic E-state index is 0.0401. The number of hydrogen-bond donors (Lipinski definition) is 1. The van der Waals surface area contributed by atoms with E-state index in [1.807, 2.05) is 43.3 Å². The van der Waals surface area contributed by atoms with E-state index in [0.29, 0.717) is 25.5 Å². The molecule has 3 fully saturated rings. The van der Waals surface area contributed by atoms with Gasteiger partial charge in [-0.1, -0.05) is 24.3 Å². The highest BCUT2D eigenvalue weighted by molar-refractivity contribution is 6.07. The molecule has 5 rings (SSSR count). The lowest BCUT2D eigenvalue weighted by atomic mass is 9.75. The van der Waals surface area contributed by atoms with Gasteiger partial charge in [-0.25, -0.2) is 4.79 Å². The summed E-state index contributed by atoms with van der Waals surface area (Å²) in [5, 5.41) is 3.10. The number of carbonyl (C=O) groups excluding carboxylic acids is 2. The quantitative estimate of drug-likeness (QED) is 0.586. The van der Waals surface area contributed by atoms with Gasteiger partial charge in [0.1, 0.15) is 5.75 Å². The van der Waals surface area contributed by atoms with Crippen molar-refractivity contribution in [2.75, 3.05) is 32.8 Å². The number of para-hydroxylation sites is 1. The lowest BCUT2D eigenvalue weighted by molar-refractivity contribution is -0.135. The number of carbonyl (C=O) groups is 2. The van der Waals surface area contributed by atoms with E-state index >= 15 is 0 Å². The van der Waals surface area contributed by atoms with Crippen LogP contribution in [0, 0.1) is 5.92 Å². The van der Waals surface area contributed by atoms with Crippen LogP contribution < -0.4 is 10.1 Å². The van der Waals surface area contributed by atoms with Crippen molar-refractivity contribution in [2.24, 2.45) is 5.92 Å². The van der Waals surface area contributed by atoms with Crippen molar-refractivity contribution in [3.05, 3.63) is 59.9 Å². The number of ether oxygens (including phenoxy) is 2. The maximum absolute atomic E-state index is 13.9. The summed E-state index contributed by atoms with van der Waals surface area (Å²) in [5.41, 5.74) is 0.653. The third-order valence-electron chi connectivity index (χ3n) is 7.48. The number of piperidine rings is 1. The summed E-state index contributed by atoms with van der Waals surface area (Å²) < 4.78 is 11.5. The van der Waals surface area contributed by atoms with Crippen LogP contribution in [0.4, 0.5) is 4.79 Å².